The molecular weight excluding hydrogens is 300 g/mol. The standard InChI is InChI=1S/C13H13ClN2O3S/c14-10-5-8-6-15(4-3-9(8)20-10)13(19)7-16-11(17)1-2-12(16)18/h5H,1-4,6-7H2. The Morgan fingerprint density at radius 1 is 1.25 bits per heavy atom. The zero-order valence-electron chi connectivity index (χ0n) is 10.7. The molecule has 7 heteroatoms. The second kappa shape index (κ2) is 5.18. The average Bonchev–Trinajstić information content (AvgIpc) is 2.93. The van der Waals surface area contributed by atoms with Crippen LogP contribution >= 0.6 is 22.9 Å². The van der Waals surface area contributed by atoms with Gasteiger partial charge in [0.2, 0.25) is 17.7 Å². The minimum absolute atomic E-state index is 0.134. The highest BCUT2D eigenvalue weighted by Gasteiger charge is 2.32. The summed E-state index contributed by atoms with van der Waals surface area (Å²) >= 11 is 7.52. The van der Waals surface area contributed by atoms with Gasteiger partial charge >= 0.3 is 0 Å². The molecule has 0 aromatic carbocycles. The Labute approximate surface area is 125 Å². The predicted octanol–water partition coefficient (Wildman–Crippen LogP) is 1.44. The average molecular weight is 313 g/mol. The van der Waals surface area contributed by atoms with Gasteiger partial charge in [0.15, 0.2) is 0 Å². The Morgan fingerprint density at radius 2 is 1.95 bits per heavy atom. The van der Waals surface area contributed by atoms with Gasteiger partial charge < -0.3 is 4.90 Å². The fourth-order valence-corrected chi connectivity index (χ4v) is 3.84. The summed E-state index contributed by atoms with van der Waals surface area (Å²) in [6.07, 6.45) is 1.22. The highest BCUT2D eigenvalue weighted by Crippen LogP contribution is 2.31. The number of imide groups is 1. The number of carbonyl (C=O) groups is 3. The van der Waals surface area contributed by atoms with Crippen molar-refractivity contribution in [2.24, 2.45) is 0 Å². The Bertz CT molecular complexity index is 582. The number of halogens is 1. The number of amides is 3. The van der Waals surface area contributed by atoms with Crippen LogP contribution in [0, 0.1) is 0 Å². The molecular formula is C13H13ClN2O3S. The molecule has 0 bridgehead atoms. The quantitative estimate of drug-likeness (QED) is 0.776. The summed E-state index contributed by atoms with van der Waals surface area (Å²) in [6, 6.07) is 1.88. The zero-order chi connectivity index (χ0) is 14.3. The van der Waals surface area contributed by atoms with Crippen molar-refractivity contribution >= 4 is 40.7 Å². The zero-order valence-corrected chi connectivity index (χ0v) is 12.3. The molecule has 3 rings (SSSR count). The second-order valence-corrected chi connectivity index (χ2v) is 6.71. The molecule has 3 amide bonds. The summed E-state index contributed by atoms with van der Waals surface area (Å²) in [5.41, 5.74) is 1.07. The van der Waals surface area contributed by atoms with Crippen LogP contribution in [0.3, 0.4) is 0 Å². The van der Waals surface area contributed by atoms with Crippen molar-refractivity contribution in [3.05, 3.63) is 20.8 Å². The lowest BCUT2D eigenvalue weighted by Crippen LogP contribution is -2.44. The lowest BCUT2D eigenvalue weighted by Gasteiger charge is -2.28. The van der Waals surface area contributed by atoms with E-state index < -0.39 is 0 Å². The van der Waals surface area contributed by atoms with E-state index in [9.17, 15) is 14.4 Å². The second-order valence-electron chi connectivity index (χ2n) is 4.94. The van der Waals surface area contributed by atoms with E-state index in [1.807, 2.05) is 6.07 Å². The van der Waals surface area contributed by atoms with Crippen molar-refractivity contribution < 1.29 is 14.4 Å². The molecule has 2 aliphatic heterocycles. The van der Waals surface area contributed by atoms with Crippen LogP contribution in [0.25, 0.3) is 0 Å². The summed E-state index contributed by atoms with van der Waals surface area (Å²) < 4.78 is 0.731. The lowest BCUT2D eigenvalue weighted by molar-refractivity contribution is -0.145. The minimum Gasteiger partial charge on any atom is -0.336 e. The topological polar surface area (TPSA) is 57.7 Å². The molecule has 5 nitrogen and oxygen atoms in total. The van der Waals surface area contributed by atoms with Crippen LogP contribution < -0.4 is 0 Å². The third-order valence-corrected chi connectivity index (χ3v) is 5.00. The Morgan fingerprint density at radius 3 is 2.65 bits per heavy atom. The fraction of sp³-hybridized carbons (Fsp3) is 0.462. The molecule has 0 atom stereocenters. The van der Waals surface area contributed by atoms with E-state index in [0.29, 0.717) is 13.1 Å². The molecule has 0 aliphatic carbocycles. The summed E-state index contributed by atoms with van der Waals surface area (Å²) in [7, 11) is 0. The molecule has 106 valence electrons. The van der Waals surface area contributed by atoms with E-state index >= 15 is 0 Å². The number of likely N-dealkylation sites (tertiary alicyclic amines) is 1. The van der Waals surface area contributed by atoms with Gasteiger partial charge in [-0.3, -0.25) is 19.3 Å². The van der Waals surface area contributed by atoms with Crippen LogP contribution in [0.1, 0.15) is 23.3 Å². The number of fused-ring (bicyclic) bond motifs is 1. The van der Waals surface area contributed by atoms with Crippen molar-refractivity contribution in [3.8, 4) is 0 Å². The lowest BCUT2D eigenvalue weighted by atomic mass is 10.1. The van der Waals surface area contributed by atoms with Crippen LogP contribution in [0.4, 0.5) is 0 Å². The van der Waals surface area contributed by atoms with Crippen molar-refractivity contribution in [3.63, 3.8) is 0 Å². The molecule has 0 unspecified atom stereocenters. The van der Waals surface area contributed by atoms with Gasteiger partial charge in [-0.25, -0.2) is 0 Å². The third-order valence-electron chi connectivity index (χ3n) is 3.64. The molecule has 1 saturated heterocycles. The summed E-state index contributed by atoms with van der Waals surface area (Å²) in [5.74, 6) is -0.680. The number of hydrogen-bond acceptors (Lipinski definition) is 4. The van der Waals surface area contributed by atoms with E-state index in [1.54, 1.807) is 16.2 Å². The van der Waals surface area contributed by atoms with Crippen LogP contribution in [-0.4, -0.2) is 40.6 Å². The normalized spacial score (nSPS) is 18.6. The third kappa shape index (κ3) is 2.45. The fourth-order valence-electron chi connectivity index (χ4n) is 2.54. The summed E-state index contributed by atoms with van der Waals surface area (Å²) in [5, 5.41) is 0. The first-order chi connectivity index (χ1) is 9.54. The van der Waals surface area contributed by atoms with Gasteiger partial charge in [0.05, 0.1) is 4.34 Å². The molecule has 1 fully saturated rings. The molecule has 0 radical (unpaired) electrons. The Kier molecular flexibility index (Phi) is 3.52. The van der Waals surface area contributed by atoms with Crippen LogP contribution in [0.15, 0.2) is 6.07 Å². The molecule has 1 aromatic rings. The molecule has 0 N–H and O–H groups in total. The monoisotopic (exact) mass is 312 g/mol. The SMILES string of the molecule is O=C(CN1C(=O)CCC1=O)N1CCc2sc(Cl)cc2C1. The maximum Gasteiger partial charge on any atom is 0.243 e. The first-order valence-corrected chi connectivity index (χ1v) is 7.62. The molecule has 0 saturated carbocycles. The van der Waals surface area contributed by atoms with Gasteiger partial charge in [0.25, 0.3) is 0 Å². The van der Waals surface area contributed by atoms with Crippen LogP contribution in [0.5, 0.6) is 0 Å². The molecule has 3 heterocycles. The van der Waals surface area contributed by atoms with E-state index in [0.717, 1.165) is 21.2 Å². The largest absolute Gasteiger partial charge is 0.336 e. The van der Waals surface area contributed by atoms with Crippen molar-refractivity contribution in [1.29, 1.82) is 0 Å². The van der Waals surface area contributed by atoms with Crippen LogP contribution in [-0.2, 0) is 27.3 Å². The number of nitrogens with zero attached hydrogens (tertiary/aromatic N) is 2. The number of thiophene rings is 1. The minimum atomic E-state index is -0.250. The number of rotatable bonds is 2. The van der Waals surface area contributed by atoms with Gasteiger partial charge in [-0.05, 0) is 18.1 Å². The number of hydrogen-bond donors (Lipinski definition) is 0. The molecule has 1 aromatic heterocycles. The maximum atomic E-state index is 12.2. The van der Waals surface area contributed by atoms with Crippen molar-refractivity contribution in [2.45, 2.75) is 25.8 Å². The molecule has 20 heavy (non-hydrogen) atoms. The van der Waals surface area contributed by atoms with Gasteiger partial charge in [-0.2, -0.15) is 0 Å². The van der Waals surface area contributed by atoms with Crippen molar-refractivity contribution in [2.75, 3.05) is 13.1 Å². The first-order valence-electron chi connectivity index (χ1n) is 6.42. The summed E-state index contributed by atoms with van der Waals surface area (Å²) in [4.78, 5) is 39.2. The van der Waals surface area contributed by atoms with E-state index in [-0.39, 0.29) is 37.1 Å². The van der Waals surface area contributed by atoms with Gasteiger partial charge in [0, 0.05) is 30.8 Å². The molecule has 0 spiro atoms. The first kappa shape index (κ1) is 13.6. The smallest absolute Gasteiger partial charge is 0.243 e. The van der Waals surface area contributed by atoms with Gasteiger partial charge in [0.1, 0.15) is 6.54 Å². The predicted molar refractivity (Wildman–Crippen MR) is 74.4 cm³/mol. The van der Waals surface area contributed by atoms with Gasteiger partial charge in [-0.1, -0.05) is 11.6 Å². The van der Waals surface area contributed by atoms with Crippen molar-refractivity contribution in [1.82, 2.24) is 9.80 Å². The van der Waals surface area contributed by atoms with Crippen LogP contribution in [0.2, 0.25) is 4.34 Å². The van der Waals surface area contributed by atoms with E-state index in [1.165, 1.54) is 4.88 Å². The Balaban J connectivity index is 1.67. The van der Waals surface area contributed by atoms with E-state index in [4.69, 9.17) is 11.6 Å². The highest BCUT2D eigenvalue weighted by atomic mass is 35.5. The number of carbonyl (C=O) groups excluding carboxylic acids is 3. The molecule has 2 aliphatic rings. The maximum absolute atomic E-state index is 12.2. The van der Waals surface area contributed by atoms with Gasteiger partial charge in [-0.15, -0.1) is 11.3 Å². The Hall–Kier alpha value is -1.40. The van der Waals surface area contributed by atoms with E-state index in [2.05, 4.69) is 0 Å². The highest BCUT2D eigenvalue weighted by molar-refractivity contribution is 7.16. The summed E-state index contributed by atoms with van der Waals surface area (Å²) in [6.45, 7) is 0.984.